The van der Waals surface area contributed by atoms with E-state index in [1.54, 1.807) is 6.92 Å². The lowest BCUT2D eigenvalue weighted by Gasteiger charge is -2.15. The highest BCUT2D eigenvalue weighted by atomic mass is 32.2. The predicted octanol–water partition coefficient (Wildman–Crippen LogP) is 2.33. The van der Waals surface area contributed by atoms with Gasteiger partial charge in [-0.2, -0.15) is 0 Å². The summed E-state index contributed by atoms with van der Waals surface area (Å²) in [7, 11) is -3.80. The number of benzene rings is 1. The zero-order valence-electron chi connectivity index (χ0n) is 12.7. The van der Waals surface area contributed by atoms with Crippen molar-refractivity contribution in [3.05, 3.63) is 42.0 Å². The topological polar surface area (TPSA) is 75.2 Å². The molecule has 23 heavy (non-hydrogen) atoms. The molecule has 1 saturated heterocycles. The molecule has 1 aliphatic rings. The van der Waals surface area contributed by atoms with E-state index in [0.717, 1.165) is 32.0 Å². The highest BCUT2D eigenvalue weighted by Gasteiger charge is 2.19. The van der Waals surface area contributed by atoms with Crippen molar-refractivity contribution in [2.75, 3.05) is 22.7 Å². The van der Waals surface area contributed by atoms with Crippen molar-refractivity contribution in [1.29, 1.82) is 0 Å². The van der Waals surface area contributed by atoms with Gasteiger partial charge >= 0.3 is 0 Å². The molecule has 1 N–H and O–H groups in total. The molecular weight excluding hydrogens is 319 g/mol. The molecule has 122 valence electrons. The Bertz CT molecular complexity index is 803. The summed E-state index contributed by atoms with van der Waals surface area (Å²) in [5.41, 5.74) is 0.615. The first-order valence-corrected chi connectivity index (χ1v) is 8.80. The molecule has 3 rings (SSSR count). The van der Waals surface area contributed by atoms with E-state index in [1.165, 1.54) is 24.5 Å². The number of nitrogens with zero attached hydrogens (tertiary/aromatic N) is 3. The van der Waals surface area contributed by atoms with E-state index in [2.05, 4.69) is 19.6 Å². The maximum absolute atomic E-state index is 13.1. The van der Waals surface area contributed by atoms with Gasteiger partial charge in [0.2, 0.25) is 5.95 Å². The Morgan fingerprint density at radius 1 is 1.17 bits per heavy atom. The molecule has 2 aromatic rings. The van der Waals surface area contributed by atoms with Crippen LogP contribution in [-0.2, 0) is 10.0 Å². The van der Waals surface area contributed by atoms with Crippen LogP contribution < -0.4 is 9.62 Å². The van der Waals surface area contributed by atoms with Gasteiger partial charge in [0, 0.05) is 13.1 Å². The monoisotopic (exact) mass is 336 g/mol. The third-order valence-electron chi connectivity index (χ3n) is 3.71. The first-order chi connectivity index (χ1) is 11.0. The number of hydrogen-bond donors (Lipinski definition) is 1. The summed E-state index contributed by atoms with van der Waals surface area (Å²) in [4.78, 5) is 10.5. The standard InChI is InChI=1S/C15H17FN4O2S/c1-11-8-12(16)4-5-14(11)23(21,22)19-13-9-17-15(18-10-13)20-6-2-3-7-20/h4-5,8-10,19H,2-3,6-7H2,1H3. The molecule has 0 aliphatic carbocycles. The Morgan fingerprint density at radius 2 is 1.83 bits per heavy atom. The fourth-order valence-electron chi connectivity index (χ4n) is 2.58. The van der Waals surface area contributed by atoms with Gasteiger partial charge in [-0.3, -0.25) is 4.72 Å². The van der Waals surface area contributed by atoms with Gasteiger partial charge in [0.05, 0.1) is 23.0 Å². The van der Waals surface area contributed by atoms with Gasteiger partial charge in [0.15, 0.2) is 0 Å². The van der Waals surface area contributed by atoms with E-state index in [1.807, 2.05) is 0 Å². The number of rotatable bonds is 4. The van der Waals surface area contributed by atoms with E-state index in [4.69, 9.17) is 0 Å². The number of aryl methyl sites for hydroxylation is 1. The summed E-state index contributed by atoms with van der Waals surface area (Å²) in [6, 6.07) is 3.54. The van der Waals surface area contributed by atoms with Crippen LogP contribution in [0.1, 0.15) is 18.4 Å². The molecule has 1 fully saturated rings. The first-order valence-electron chi connectivity index (χ1n) is 7.32. The van der Waals surface area contributed by atoms with E-state index in [0.29, 0.717) is 11.5 Å². The van der Waals surface area contributed by atoms with Gasteiger partial charge in [-0.15, -0.1) is 0 Å². The average molecular weight is 336 g/mol. The quantitative estimate of drug-likeness (QED) is 0.927. The Balaban J connectivity index is 1.80. The Hall–Kier alpha value is -2.22. The van der Waals surface area contributed by atoms with Crippen LogP contribution in [0.15, 0.2) is 35.5 Å². The Kier molecular flexibility index (Phi) is 4.16. The summed E-state index contributed by atoms with van der Waals surface area (Å²) < 4.78 is 40.3. The highest BCUT2D eigenvalue weighted by molar-refractivity contribution is 7.92. The maximum atomic E-state index is 13.1. The SMILES string of the molecule is Cc1cc(F)ccc1S(=O)(=O)Nc1cnc(N2CCCC2)nc1. The molecule has 8 heteroatoms. The molecule has 0 radical (unpaired) electrons. The van der Waals surface area contributed by atoms with E-state index in [-0.39, 0.29) is 10.6 Å². The van der Waals surface area contributed by atoms with Gasteiger partial charge in [0.25, 0.3) is 10.0 Å². The van der Waals surface area contributed by atoms with Crippen molar-refractivity contribution in [3.8, 4) is 0 Å². The minimum atomic E-state index is -3.80. The minimum absolute atomic E-state index is 0.0301. The summed E-state index contributed by atoms with van der Waals surface area (Å²) in [6.07, 6.45) is 5.11. The van der Waals surface area contributed by atoms with Crippen molar-refractivity contribution in [1.82, 2.24) is 9.97 Å². The van der Waals surface area contributed by atoms with Gasteiger partial charge in [0.1, 0.15) is 5.82 Å². The van der Waals surface area contributed by atoms with Crippen molar-refractivity contribution in [2.24, 2.45) is 0 Å². The number of hydrogen-bond acceptors (Lipinski definition) is 5. The molecule has 0 amide bonds. The lowest BCUT2D eigenvalue weighted by atomic mass is 10.2. The summed E-state index contributed by atoms with van der Waals surface area (Å²) in [5, 5.41) is 0. The largest absolute Gasteiger partial charge is 0.341 e. The number of anilines is 2. The second-order valence-electron chi connectivity index (χ2n) is 5.48. The molecule has 1 aromatic carbocycles. The van der Waals surface area contributed by atoms with E-state index < -0.39 is 15.8 Å². The predicted molar refractivity (Wildman–Crippen MR) is 85.4 cm³/mol. The molecular formula is C15H17FN4O2S. The zero-order chi connectivity index (χ0) is 16.4. The lowest BCUT2D eigenvalue weighted by Crippen LogP contribution is -2.20. The number of aromatic nitrogens is 2. The number of halogens is 1. The van der Waals surface area contributed by atoms with Gasteiger partial charge < -0.3 is 4.90 Å². The van der Waals surface area contributed by atoms with Gasteiger partial charge in [-0.1, -0.05) is 0 Å². The van der Waals surface area contributed by atoms with Crippen LogP contribution in [0.2, 0.25) is 0 Å². The average Bonchev–Trinajstić information content (AvgIpc) is 3.01. The summed E-state index contributed by atoms with van der Waals surface area (Å²) in [5.74, 6) is 0.128. The second-order valence-corrected chi connectivity index (χ2v) is 7.13. The third kappa shape index (κ3) is 3.42. The first kappa shape index (κ1) is 15.7. The molecule has 1 aromatic heterocycles. The smallest absolute Gasteiger partial charge is 0.262 e. The summed E-state index contributed by atoms with van der Waals surface area (Å²) >= 11 is 0. The highest BCUT2D eigenvalue weighted by Crippen LogP contribution is 2.21. The molecule has 0 bridgehead atoms. The Labute approximate surface area is 134 Å². The zero-order valence-corrected chi connectivity index (χ0v) is 13.5. The molecule has 0 saturated carbocycles. The van der Waals surface area contributed by atoms with E-state index in [9.17, 15) is 12.8 Å². The van der Waals surface area contributed by atoms with Crippen LogP contribution in [0.3, 0.4) is 0 Å². The molecule has 0 unspecified atom stereocenters. The number of sulfonamides is 1. The fraction of sp³-hybridized carbons (Fsp3) is 0.333. The molecule has 0 spiro atoms. The van der Waals surface area contributed by atoms with Crippen molar-refractivity contribution in [2.45, 2.75) is 24.7 Å². The van der Waals surface area contributed by atoms with Crippen LogP contribution in [0.25, 0.3) is 0 Å². The fourth-order valence-corrected chi connectivity index (χ4v) is 3.83. The third-order valence-corrected chi connectivity index (χ3v) is 5.25. The lowest BCUT2D eigenvalue weighted by molar-refractivity contribution is 0.598. The number of nitrogens with one attached hydrogen (secondary N) is 1. The van der Waals surface area contributed by atoms with Gasteiger partial charge in [-0.05, 0) is 43.5 Å². The molecule has 0 atom stereocenters. The molecule has 6 nitrogen and oxygen atoms in total. The van der Waals surface area contributed by atoms with Crippen LogP contribution >= 0.6 is 0 Å². The summed E-state index contributed by atoms with van der Waals surface area (Å²) in [6.45, 7) is 3.38. The van der Waals surface area contributed by atoms with Crippen LogP contribution in [0, 0.1) is 12.7 Å². The van der Waals surface area contributed by atoms with Crippen LogP contribution in [0.5, 0.6) is 0 Å². The molecule has 2 heterocycles. The van der Waals surface area contributed by atoms with Crippen LogP contribution in [-0.4, -0.2) is 31.5 Å². The van der Waals surface area contributed by atoms with Crippen molar-refractivity contribution in [3.63, 3.8) is 0 Å². The van der Waals surface area contributed by atoms with Gasteiger partial charge in [-0.25, -0.2) is 22.8 Å². The Morgan fingerprint density at radius 3 is 2.43 bits per heavy atom. The normalized spacial score (nSPS) is 15.0. The van der Waals surface area contributed by atoms with Crippen LogP contribution in [0.4, 0.5) is 16.0 Å². The van der Waals surface area contributed by atoms with E-state index >= 15 is 0 Å². The van der Waals surface area contributed by atoms with Crippen molar-refractivity contribution < 1.29 is 12.8 Å². The second kappa shape index (κ2) is 6.11. The maximum Gasteiger partial charge on any atom is 0.262 e. The van der Waals surface area contributed by atoms with Crippen molar-refractivity contribution >= 4 is 21.7 Å². The molecule has 1 aliphatic heterocycles. The minimum Gasteiger partial charge on any atom is -0.341 e.